The van der Waals surface area contributed by atoms with Gasteiger partial charge in [-0.15, -0.1) is 11.6 Å². The Bertz CT molecular complexity index is 312. The lowest BCUT2D eigenvalue weighted by Gasteiger charge is -2.40. The first-order chi connectivity index (χ1) is 11.0. The molecule has 0 aliphatic carbocycles. The molecule has 0 aromatic heterocycles. The fraction of sp³-hybridized carbons (Fsp3) is 1.00. The Hall–Kier alpha value is 0.0500. The zero-order chi connectivity index (χ0) is 17.2. The first kappa shape index (κ1) is 21.1. The summed E-state index contributed by atoms with van der Waals surface area (Å²) >= 11 is 6.23. The van der Waals surface area contributed by atoms with Gasteiger partial charge in [-0.2, -0.15) is 0 Å². The molecule has 6 nitrogen and oxygen atoms in total. The Morgan fingerprint density at radius 1 is 1.30 bits per heavy atom. The first-order valence-electron chi connectivity index (χ1n) is 8.68. The average Bonchev–Trinajstić information content (AvgIpc) is 2.53. The zero-order valence-corrected chi connectivity index (χ0v) is 15.6. The summed E-state index contributed by atoms with van der Waals surface area (Å²) in [5.41, 5.74) is 6.16. The highest BCUT2D eigenvalue weighted by Crippen LogP contribution is 2.18. The second kappa shape index (κ2) is 11.6. The minimum atomic E-state index is -0.323. The molecule has 4 N–H and O–H groups in total. The lowest BCUT2D eigenvalue weighted by molar-refractivity contribution is -0.151. The van der Waals surface area contributed by atoms with E-state index < -0.39 is 0 Å². The molecular weight excluding hydrogens is 318 g/mol. The normalized spacial score (nSPS) is 29.2. The van der Waals surface area contributed by atoms with E-state index in [0.29, 0.717) is 18.6 Å². The highest BCUT2D eigenvalue weighted by molar-refractivity contribution is 6.20. The van der Waals surface area contributed by atoms with Gasteiger partial charge < -0.3 is 19.9 Å². The van der Waals surface area contributed by atoms with E-state index >= 15 is 0 Å². The molecule has 1 heterocycles. The lowest BCUT2D eigenvalue weighted by atomic mass is 9.99. The summed E-state index contributed by atoms with van der Waals surface area (Å²) < 4.78 is 11.1. The summed E-state index contributed by atoms with van der Waals surface area (Å²) in [5.74, 6) is 0.374. The van der Waals surface area contributed by atoms with Gasteiger partial charge in [-0.05, 0) is 39.0 Å². The summed E-state index contributed by atoms with van der Waals surface area (Å²) in [7, 11) is 1.66. The summed E-state index contributed by atoms with van der Waals surface area (Å²) in [6.07, 6.45) is 3.69. The van der Waals surface area contributed by atoms with Crippen LogP contribution < -0.4 is 16.2 Å². The van der Waals surface area contributed by atoms with Gasteiger partial charge in [0.15, 0.2) is 6.29 Å². The maximum absolute atomic E-state index is 9.09. The molecule has 1 rings (SSSR count). The number of aliphatic hydroxyl groups excluding tert-OH is 1. The highest BCUT2D eigenvalue weighted by atomic mass is 35.5. The Labute approximate surface area is 145 Å². The summed E-state index contributed by atoms with van der Waals surface area (Å²) in [6.45, 7) is 7.09. The summed E-state index contributed by atoms with van der Waals surface area (Å²) in [5, 5.41) is 12.7. The number of methoxy groups -OCH3 is 1. The third-order valence-corrected chi connectivity index (χ3v) is 4.59. The van der Waals surface area contributed by atoms with Crippen molar-refractivity contribution in [3.63, 3.8) is 0 Å². The van der Waals surface area contributed by atoms with Crippen molar-refractivity contribution in [1.82, 2.24) is 16.2 Å². The molecule has 6 unspecified atom stereocenters. The van der Waals surface area contributed by atoms with E-state index in [1.165, 1.54) is 0 Å². The van der Waals surface area contributed by atoms with Gasteiger partial charge in [0, 0.05) is 32.4 Å². The molecule has 0 bridgehead atoms. The predicted molar refractivity (Wildman–Crippen MR) is 93.2 cm³/mol. The Kier molecular flexibility index (Phi) is 10.6. The van der Waals surface area contributed by atoms with Crippen molar-refractivity contribution in [3.8, 4) is 0 Å². The number of nitrogens with one attached hydrogen (secondary N) is 3. The van der Waals surface area contributed by atoms with Crippen LogP contribution in [0.4, 0.5) is 0 Å². The number of hydrogen-bond donors (Lipinski definition) is 4. The zero-order valence-electron chi connectivity index (χ0n) is 14.8. The number of rotatable bonds is 11. The maximum atomic E-state index is 9.09. The van der Waals surface area contributed by atoms with E-state index in [1.54, 1.807) is 7.11 Å². The molecule has 1 fully saturated rings. The number of aliphatic hydroxyl groups is 1. The van der Waals surface area contributed by atoms with Crippen molar-refractivity contribution < 1.29 is 14.6 Å². The second-order valence-electron chi connectivity index (χ2n) is 6.47. The number of hydrogen-bond acceptors (Lipinski definition) is 6. The van der Waals surface area contributed by atoms with Gasteiger partial charge in [0.05, 0.1) is 11.5 Å². The number of hydrazine groups is 1. The van der Waals surface area contributed by atoms with Crippen LogP contribution in [0.1, 0.15) is 46.5 Å². The second-order valence-corrected chi connectivity index (χ2v) is 7.00. The van der Waals surface area contributed by atoms with E-state index in [2.05, 4.69) is 30.0 Å². The first-order valence-corrected chi connectivity index (χ1v) is 9.11. The Morgan fingerprint density at radius 3 is 2.65 bits per heavy atom. The van der Waals surface area contributed by atoms with Gasteiger partial charge in [-0.1, -0.05) is 13.3 Å². The van der Waals surface area contributed by atoms with E-state index in [4.69, 9.17) is 26.2 Å². The van der Waals surface area contributed by atoms with Crippen molar-refractivity contribution in [3.05, 3.63) is 0 Å². The van der Waals surface area contributed by atoms with Crippen LogP contribution in [0.2, 0.25) is 0 Å². The van der Waals surface area contributed by atoms with Gasteiger partial charge in [-0.3, -0.25) is 0 Å². The molecule has 1 aliphatic heterocycles. The molecule has 7 heteroatoms. The topological polar surface area (TPSA) is 74.8 Å². The van der Waals surface area contributed by atoms with E-state index in [9.17, 15) is 0 Å². The standard InChI is InChI=1S/C16H34ClN3O3/c1-5-23-16(22-4)15-13(9-14(17)19-20-15)18-12(3)8-6-7-11(2)10-21/h11-16,18-21H,5-10H2,1-4H3. The van der Waals surface area contributed by atoms with Crippen molar-refractivity contribution >= 4 is 11.6 Å². The number of halogens is 1. The minimum Gasteiger partial charge on any atom is -0.396 e. The third-order valence-electron chi connectivity index (χ3n) is 4.30. The van der Waals surface area contributed by atoms with Gasteiger partial charge in [0.2, 0.25) is 0 Å². The fourth-order valence-electron chi connectivity index (χ4n) is 2.94. The van der Waals surface area contributed by atoms with Crippen molar-refractivity contribution in [2.45, 2.75) is 76.4 Å². The van der Waals surface area contributed by atoms with Crippen molar-refractivity contribution in [2.24, 2.45) is 5.92 Å². The Morgan fingerprint density at radius 2 is 2.04 bits per heavy atom. The molecule has 0 radical (unpaired) electrons. The molecule has 138 valence electrons. The van der Waals surface area contributed by atoms with Crippen LogP contribution in [0, 0.1) is 5.92 Å². The smallest absolute Gasteiger partial charge is 0.175 e. The minimum absolute atomic E-state index is 0.00577. The largest absolute Gasteiger partial charge is 0.396 e. The van der Waals surface area contributed by atoms with Gasteiger partial charge in [-0.25, -0.2) is 10.9 Å². The van der Waals surface area contributed by atoms with Crippen LogP contribution in [-0.4, -0.2) is 55.3 Å². The predicted octanol–water partition coefficient (Wildman–Crippen LogP) is 1.57. The van der Waals surface area contributed by atoms with Crippen LogP contribution in [0.25, 0.3) is 0 Å². The molecule has 1 aliphatic rings. The SMILES string of the molecule is CCOC(OC)C1NNC(Cl)CC1NC(C)CCCC(C)CO. The van der Waals surface area contributed by atoms with Crippen LogP contribution >= 0.6 is 11.6 Å². The Balaban J connectivity index is 2.50. The quantitative estimate of drug-likeness (QED) is 0.257. The molecule has 0 amide bonds. The molecule has 0 saturated carbocycles. The number of ether oxygens (including phenoxy) is 2. The van der Waals surface area contributed by atoms with Crippen molar-refractivity contribution in [2.75, 3.05) is 20.3 Å². The van der Waals surface area contributed by atoms with Crippen LogP contribution in [0.15, 0.2) is 0 Å². The molecular formula is C16H34ClN3O3. The molecule has 6 atom stereocenters. The molecule has 0 aromatic rings. The van der Waals surface area contributed by atoms with E-state index in [-0.39, 0.29) is 30.5 Å². The van der Waals surface area contributed by atoms with Crippen LogP contribution in [0.3, 0.4) is 0 Å². The number of alkyl halides is 1. The molecule has 0 aromatic carbocycles. The molecule has 0 spiro atoms. The summed E-state index contributed by atoms with van der Waals surface area (Å²) in [4.78, 5) is 0. The van der Waals surface area contributed by atoms with Crippen molar-refractivity contribution in [1.29, 1.82) is 0 Å². The fourth-order valence-corrected chi connectivity index (χ4v) is 3.20. The monoisotopic (exact) mass is 351 g/mol. The third kappa shape index (κ3) is 7.65. The van der Waals surface area contributed by atoms with Crippen LogP contribution in [-0.2, 0) is 9.47 Å². The lowest BCUT2D eigenvalue weighted by Crippen LogP contribution is -2.66. The maximum Gasteiger partial charge on any atom is 0.175 e. The van der Waals surface area contributed by atoms with E-state index in [0.717, 1.165) is 25.7 Å². The van der Waals surface area contributed by atoms with Gasteiger partial charge >= 0.3 is 0 Å². The van der Waals surface area contributed by atoms with Gasteiger partial charge in [0.1, 0.15) is 0 Å². The van der Waals surface area contributed by atoms with Gasteiger partial charge in [0.25, 0.3) is 0 Å². The molecule has 23 heavy (non-hydrogen) atoms. The average molecular weight is 352 g/mol. The highest BCUT2D eigenvalue weighted by Gasteiger charge is 2.36. The van der Waals surface area contributed by atoms with E-state index in [1.807, 2.05) is 6.92 Å². The molecule has 1 saturated heterocycles. The summed E-state index contributed by atoms with van der Waals surface area (Å²) in [6, 6.07) is 0.533. The van der Waals surface area contributed by atoms with Crippen LogP contribution in [0.5, 0.6) is 0 Å².